The summed E-state index contributed by atoms with van der Waals surface area (Å²) >= 11 is 0. The van der Waals surface area contributed by atoms with Gasteiger partial charge in [-0.25, -0.2) is 9.59 Å². The maximum absolute atomic E-state index is 13.0. The minimum atomic E-state index is -0.869. The van der Waals surface area contributed by atoms with Crippen LogP contribution in [0.5, 0.6) is 0 Å². The lowest BCUT2D eigenvalue weighted by Gasteiger charge is -2.32. The smallest absolute Gasteiger partial charge is 0.408 e. The topological polar surface area (TPSA) is 133 Å². The van der Waals surface area contributed by atoms with Crippen molar-refractivity contribution in [3.05, 3.63) is 11.6 Å². The van der Waals surface area contributed by atoms with Crippen LogP contribution in [0.1, 0.15) is 41.0 Å². The Morgan fingerprint density at radius 1 is 1.23 bits per heavy atom. The molecule has 11 heteroatoms. The molecule has 0 aromatic carbocycles. The second kappa shape index (κ2) is 8.77. The average molecular weight is 495 g/mol. The molecule has 2 bridgehead atoms. The van der Waals surface area contributed by atoms with Gasteiger partial charge in [0.15, 0.2) is 6.10 Å². The normalized spacial score (nSPS) is 37.9. The van der Waals surface area contributed by atoms with E-state index in [1.165, 1.54) is 0 Å². The van der Waals surface area contributed by atoms with Crippen LogP contribution >= 0.6 is 0 Å². The summed E-state index contributed by atoms with van der Waals surface area (Å²) in [6, 6.07) is -0.658. The molecule has 35 heavy (non-hydrogen) atoms. The first-order chi connectivity index (χ1) is 16.2. The van der Waals surface area contributed by atoms with E-state index in [2.05, 4.69) is 5.32 Å². The second-order valence-electron chi connectivity index (χ2n) is 11.1. The SMILES string of the molecule is CC1C(=O)O[C@H]2C[C@]3(C)O[C@H]3[C@H](OC(=O)CNC(=O)OC(C)(C)C)[C@H](N(C)C)C3=C[C@@H](OC3=O)[C@H]12. The molecule has 194 valence electrons. The molecular formula is C24H34N2O9. The van der Waals surface area contributed by atoms with Gasteiger partial charge in [-0.2, -0.15) is 0 Å². The molecule has 11 nitrogen and oxygen atoms in total. The molecule has 0 aromatic rings. The molecule has 4 rings (SSSR count). The van der Waals surface area contributed by atoms with Crippen molar-refractivity contribution in [1.29, 1.82) is 0 Å². The summed E-state index contributed by atoms with van der Waals surface area (Å²) in [7, 11) is 3.54. The van der Waals surface area contributed by atoms with E-state index in [1.54, 1.807) is 52.8 Å². The molecule has 1 amide bonds. The van der Waals surface area contributed by atoms with E-state index in [0.29, 0.717) is 12.0 Å². The number of alkyl carbamates (subject to hydrolysis) is 1. The third-order valence-electron chi connectivity index (χ3n) is 6.92. The highest BCUT2D eigenvalue weighted by Gasteiger charge is 2.65. The fraction of sp³-hybridized carbons (Fsp3) is 0.750. The minimum absolute atomic E-state index is 0.328. The van der Waals surface area contributed by atoms with Gasteiger partial charge in [-0.05, 0) is 47.9 Å². The van der Waals surface area contributed by atoms with Gasteiger partial charge in [0.25, 0.3) is 0 Å². The number of carbonyl (C=O) groups is 4. The number of epoxide rings is 1. The number of nitrogens with zero attached hydrogens (tertiary/aromatic N) is 1. The van der Waals surface area contributed by atoms with Crippen LogP contribution in [0.3, 0.4) is 0 Å². The first-order valence-corrected chi connectivity index (χ1v) is 11.8. The van der Waals surface area contributed by atoms with Gasteiger partial charge < -0.3 is 29.0 Å². The zero-order valence-corrected chi connectivity index (χ0v) is 21.2. The number of hydrogen-bond donors (Lipinski definition) is 1. The lowest BCUT2D eigenvalue weighted by atomic mass is 9.79. The van der Waals surface area contributed by atoms with E-state index < -0.39 is 72.2 Å². The zero-order chi connectivity index (χ0) is 25.9. The Morgan fingerprint density at radius 3 is 2.54 bits per heavy atom. The molecule has 1 unspecified atom stereocenters. The summed E-state index contributed by atoms with van der Waals surface area (Å²) in [4.78, 5) is 51.8. The van der Waals surface area contributed by atoms with Crippen LogP contribution in [-0.2, 0) is 38.1 Å². The summed E-state index contributed by atoms with van der Waals surface area (Å²) in [5, 5.41) is 2.39. The highest BCUT2D eigenvalue weighted by Crippen LogP contribution is 2.51. The third-order valence-corrected chi connectivity index (χ3v) is 6.92. The largest absolute Gasteiger partial charge is 0.462 e. The molecule has 0 saturated carbocycles. The van der Waals surface area contributed by atoms with Crippen molar-refractivity contribution in [2.45, 2.75) is 82.7 Å². The number of esters is 3. The molecule has 0 aromatic heterocycles. The van der Waals surface area contributed by atoms with Crippen LogP contribution in [0.25, 0.3) is 0 Å². The van der Waals surface area contributed by atoms with E-state index in [9.17, 15) is 19.2 Å². The molecule has 0 radical (unpaired) electrons. The second-order valence-corrected chi connectivity index (χ2v) is 11.1. The van der Waals surface area contributed by atoms with Gasteiger partial charge in [-0.15, -0.1) is 0 Å². The Morgan fingerprint density at radius 2 is 1.91 bits per heavy atom. The summed E-state index contributed by atoms with van der Waals surface area (Å²) in [6.07, 6.45) is -1.20. The standard InChI is InChI=1S/C24H34N2O9/c1-11-16-13-8-12(21(29)31-13)17(26(6)7)18(19-24(5,34-19)9-14(16)32-20(11)28)33-15(27)10-25-22(30)35-23(2,3)4/h8,11,13-14,16-19H,9-10H2,1-7H3,(H,25,30)/t11?,13-,14+,16+,17-,18-,19+,24+/m1/s1. The van der Waals surface area contributed by atoms with Crippen LogP contribution in [0.15, 0.2) is 11.6 Å². The molecule has 1 N–H and O–H groups in total. The van der Waals surface area contributed by atoms with Gasteiger partial charge in [-0.1, -0.05) is 6.92 Å². The number of amides is 1. The summed E-state index contributed by atoms with van der Waals surface area (Å²) in [5.74, 6) is -2.33. The van der Waals surface area contributed by atoms with Gasteiger partial charge in [0, 0.05) is 12.3 Å². The van der Waals surface area contributed by atoms with E-state index in [4.69, 9.17) is 23.7 Å². The summed E-state index contributed by atoms with van der Waals surface area (Å²) in [6.45, 7) is 8.38. The number of nitrogens with one attached hydrogen (secondary N) is 1. The van der Waals surface area contributed by atoms with Crippen molar-refractivity contribution in [3.63, 3.8) is 0 Å². The number of rotatable bonds is 4. The van der Waals surface area contributed by atoms with Gasteiger partial charge >= 0.3 is 24.0 Å². The number of hydrogen-bond acceptors (Lipinski definition) is 10. The lowest BCUT2D eigenvalue weighted by molar-refractivity contribution is -0.153. The Bertz CT molecular complexity index is 955. The van der Waals surface area contributed by atoms with Crippen molar-refractivity contribution < 1.29 is 42.9 Å². The molecular weight excluding hydrogens is 460 g/mol. The van der Waals surface area contributed by atoms with Gasteiger partial charge in [0.05, 0.1) is 23.1 Å². The Labute approximate surface area is 204 Å². The first-order valence-electron chi connectivity index (χ1n) is 11.8. The Hall–Kier alpha value is -2.66. The van der Waals surface area contributed by atoms with Crippen molar-refractivity contribution in [3.8, 4) is 0 Å². The molecule has 8 atom stereocenters. The van der Waals surface area contributed by atoms with E-state index >= 15 is 0 Å². The monoisotopic (exact) mass is 494 g/mol. The predicted molar refractivity (Wildman–Crippen MR) is 120 cm³/mol. The van der Waals surface area contributed by atoms with Crippen LogP contribution in [-0.4, -0.2) is 91.2 Å². The molecule has 0 spiro atoms. The molecule has 2 saturated heterocycles. The predicted octanol–water partition coefficient (Wildman–Crippen LogP) is 0.944. The van der Waals surface area contributed by atoms with E-state index in [1.807, 2.05) is 6.92 Å². The van der Waals surface area contributed by atoms with Crippen molar-refractivity contribution in [1.82, 2.24) is 10.2 Å². The zero-order valence-electron chi connectivity index (χ0n) is 21.2. The number of carbonyl (C=O) groups excluding carboxylic acids is 4. The highest BCUT2D eigenvalue weighted by atomic mass is 16.7. The fourth-order valence-corrected chi connectivity index (χ4v) is 5.29. The molecule has 3 aliphatic heterocycles. The van der Waals surface area contributed by atoms with Crippen LogP contribution in [0.2, 0.25) is 0 Å². The maximum atomic E-state index is 13.0. The van der Waals surface area contributed by atoms with Crippen molar-refractivity contribution in [2.24, 2.45) is 11.8 Å². The third kappa shape index (κ3) is 5.02. The first kappa shape index (κ1) is 25.4. The van der Waals surface area contributed by atoms with Crippen molar-refractivity contribution in [2.75, 3.05) is 20.6 Å². The van der Waals surface area contributed by atoms with E-state index in [0.717, 1.165) is 0 Å². The Kier molecular flexibility index (Phi) is 6.38. The average Bonchev–Trinajstić information content (AvgIpc) is 3.11. The van der Waals surface area contributed by atoms with Crippen LogP contribution < -0.4 is 5.32 Å². The van der Waals surface area contributed by atoms with E-state index in [-0.39, 0.29) is 11.9 Å². The van der Waals surface area contributed by atoms with Gasteiger partial charge in [-0.3, -0.25) is 14.5 Å². The lowest BCUT2D eigenvalue weighted by Crippen LogP contribution is -2.50. The minimum Gasteiger partial charge on any atom is -0.462 e. The van der Waals surface area contributed by atoms with Crippen LogP contribution in [0.4, 0.5) is 4.79 Å². The fourth-order valence-electron chi connectivity index (χ4n) is 5.29. The summed E-state index contributed by atoms with van der Waals surface area (Å²) in [5.41, 5.74) is -1.11. The quantitative estimate of drug-likeness (QED) is 0.342. The highest BCUT2D eigenvalue weighted by molar-refractivity contribution is 5.93. The summed E-state index contributed by atoms with van der Waals surface area (Å²) < 4.78 is 28.4. The van der Waals surface area contributed by atoms with Crippen LogP contribution in [0, 0.1) is 11.8 Å². The van der Waals surface area contributed by atoms with Gasteiger partial charge in [0.2, 0.25) is 0 Å². The Balaban J connectivity index is 1.59. The van der Waals surface area contributed by atoms with Gasteiger partial charge in [0.1, 0.15) is 30.5 Å². The molecule has 1 aliphatic carbocycles. The number of fused-ring (bicyclic) bond motifs is 4. The molecule has 3 heterocycles. The maximum Gasteiger partial charge on any atom is 0.408 e. The number of likely N-dealkylation sites (N-methyl/N-ethyl adjacent to an activating group) is 1. The number of ether oxygens (including phenoxy) is 5. The molecule has 4 aliphatic rings. The molecule has 2 fully saturated rings. The van der Waals surface area contributed by atoms with Crippen molar-refractivity contribution >= 4 is 24.0 Å².